The second-order valence-corrected chi connectivity index (χ2v) is 5.50. The number of ketones is 1. The molecule has 1 aromatic carbocycles. The molecular weight excluding hydrogens is 254 g/mol. The van der Waals surface area contributed by atoms with Crippen molar-refractivity contribution in [3.05, 3.63) is 34.9 Å². The van der Waals surface area contributed by atoms with Gasteiger partial charge in [0.25, 0.3) is 0 Å². The first kappa shape index (κ1) is 15.2. The minimum absolute atomic E-state index is 0.0239. The summed E-state index contributed by atoms with van der Waals surface area (Å²) in [6.45, 7) is 6.78. The summed E-state index contributed by atoms with van der Waals surface area (Å²) < 4.78 is 5.34. The highest BCUT2D eigenvalue weighted by Crippen LogP contribution is 2.13. The number of aliphatic hydroxyl groups excluding tert-OH is 1. The average Bonchev–Trinajstić information content (AvgIpc) is 2.44. The lowest BCUT2D eigenvalue weighted by atomic mass is 10.0. The van der Waals surface area contributed by atoms with E-state index in [0.717, 1.165) is 23.2 Å². The predicted molar refractivity (Wildman–Crippen MR) is 78.1 cm³/mol. The number of Topliss-reactive ketones (excluding diaryl/α,β-unsaturated/α-hetero) is 1. The van der Waals surface area contributed by atoms with Crippen LogP contribution >= 0.6 is 0 Å². The summed E-state index contributed by atoms with van der Waals surface area (Å²) in [4.78, 5) is 14.4. The molecule has 1 aromatic rings. The molecule has 1 fully saturated rings. The van der Waals surface area contributed by atoms with Gasteiger partial charge in [0.1, 0.15) is 0 Å². The Morgan fingerprint density at radius 2 is 2.05 bits per heavy atom. The minimum Gasteiger partial charge on any atom is -0.395 e. The van der Waals surface area contributed by atoms with Crippen LogP contribution in [0.1, 0.15) is 27.9 Å². The van der Waals surface area contributed by atoms with Crippen molar-refractivity contribution in [3.63, 3.8) is 0 Å². The summed E-state index contributed by atoms with van der Waals surface area (Å²) >= 11 is 0. The SMILES string of the molecule is Cc1cc(C)cc(C(=O)CCN2CCOCC2CO)c1. The molecule has 20 heavy (non-hydrogen) atoms. The number of carbonyl (C=O) groups is 1. The van der Waals surface area contributed by atoms with Crippen LogP contribution in [0.15, 0.2) is 18.2 Å². The number of hydrogen-bond donors (Lipinski definition) is 1. The standard InChI is InChI=1S/C16H23NO3/c1-12-7-13(2)9-14(8-12)16(19)3-4-17-5-6-20-11-15(17)10-18/h7-9,15,18H,3-6,10-11H2,1-2H3. The number of benzene rings is 1. The van der Waals surface area contributed by atoms with Crippen LogP contribution in [0.3, 0.4) is 0 Å². The fourth-order valence-corrected chi connectivity index (χ4v) is 2.68. The summed E-state index contributed by atoms with van der Waals surface area (Å²) in [6, 6.07) is 5.98. The monoisotopic (exact) mass is 277 g/mol. The van der Waals surface area contributed by atoms with Crippen LogP contribution in [0.2, 0.25) is 0 Å². The Morgan fingerprint density at radius 3 is 2.70 bits per heavy atom. The largest absolute Gasteiger partial charge is 0.395 e. The number of carbonyl (C=O) groups excluding carboxylic acids is 1. The predicted octanol–water partition coefficient (Wildman–Crippen LogP) is 1.57. The van der Waals surface area contributed by atoms with Crippen molar-refractivity contribution in [3.8, 4) is 0 Å². The van der Waals surface area contributed by atoms with E-state index >= 15 is 0 Å². The molecule has 1 aliphatic heterocycles. The Balaban J connectivity index is 1.94. The maximum absolute atomic E-state index is 12.3. The normalized spacial score (nSPS) is 20.1. The van der Waals surface area contributed by atoms with Gasteiger partial charge in [-0.25, -0.2) is 0 Å². The molecule has 1 N–H and O–H groups in total. The zero-order valence-electron chi connectivity index (χ0n) is 12.3. The molecule has 0 aromatic heterocycles. The van der Waals surface area contributed by atoms with Gasteiger partial charge in [-0.2, -0.15) is 0 Å². The first-order valence-corrected chi connectivity index (χ1v) is 7.14. The Labute approximate surface area is 120 Å². The molecule has 2 rings (SSSR count). The van der Waals surface area contributed by atoms with Crippen molar-refractivity contribution in [2.45, 2.75) is 26.3 Å². The molecule has 0 radical (unpaired) electrons. The van der Waals surface area contributed by atoms with Gasteiger partial charge in [-0.3, -0.25) is 9.69 Å². The lowest BCUT2D eigenvalue weighted by molar-refractivity contribution is -0.0270. The van der Waals surface area contributed by atoms with Crippen LogP contribution in [-0.2, 0) is 4.74 Å². The van der Waals surface area contributed by atoms with Crippen LogP contribution in [0, 0.1) is 13.8 Å². The van der Waals surface area contributed by atoms with Crippen molar-refractivity contribution in [2.75, 3.05) is 32.9 Å². The zero-order valence-corrected chi connectivity index (χ0v) is 12.3. The van der Waals surface area contributed by atoms with Crippen molar-refractivity contribution >= 4 is 5.78 Å². The fourth-order valence-electron chi connectivity index (χ4n) is 2.68. The van der Waals surface area contributed by atoms with E-state index in [-0.39, 0.29) is 18.4 Å². The molecule has 110 valence electrons. The van der Waals surface area contributed by atoms with Gasteiger partial charge in [0.05, 0.1) is 25.9 Å². The van der Waals surface area contributed by atoms with Crippen molar-refractivity contribution in [2.24, 2.45) is 0 Å². The molecule has 0 amide bonds. The van der Waals surface area contributed by atoms with Gasteiger partial charge in [-0.15, -0.1) is 0 Å². The second kappa shape index (κ2) is 6.97. The number of aliphatic hydroxyl groups is 1. The van der Waals surface area contributed by atoms with Gasteiger partial charge in [-0.1, -0.05) is 17.2 Å². The number of nitrogens with zero attached hydrogens (tertiary/aromatic N) is 1. The molecule has 0 spiro atoms. The van der Waals surface area contributed by atoms with E-state index in [1.165, 1.54) is 0 Å². The van der Waals surface area contributed by atoms with Gasteiger partial charge < -0.3 is 9.84 Å². The van der Waals surface area contributed by atoms with Crippen LogP contribution in [0.4, 0.5) is 0 Å². The maximum atomic E-state index is 12.3. The number of ether oxygens (including phenoxy) is 1. The highest BCUT2D eigenvalue weighted by molar-refractivity contribution is 5.96. The molecule has 4 heteroatoms. The molecule has 1 atom stereocenters. The molecule has 0 saturated carbocycles. The average molecular weight is 277 g/mol. The molecule has 0 bridgehead atoms. The Bertz CT molecular complexity index is 453. The fraction of sp³-hybridized carbons (Fsp3) is 0.562. The summed E-state index contributed by atoms with van der Waals surface area (Å²) in [6.07, 6.45) is 0.486. The number of morpholine rings is 1. The highest BCUT2D eigenvalue weighted by Gasteiger charge is 2.22. The third-order valence-electron chi connectivity index (χ3n) is 3.73. The molecule has 1 heterocycles. The van der Waals surface area contributed by atoms with Crippen molar-refractivity contribution in [1.29, 1.82) is 0 Å². The minimum atomic E-state index is 0.0239. The smallest absolute Gasteiger partial charge is 0.164 e. The van der Waals surface area contributed by atoms with E-state index in [9.17, 15) is 9.90 Å². The summed E-state index contributed by atoms with van der Waals surface area (Å²) in [5.74, 6) is 0.167. The van der Waals surface area contributed by atoms with Crippen LogP contribution in [0.25, 0.3) is 0 Å². The van der Waals surface area contributed by atoms with E-state index in [0.29, 0.717) is 26.2 Å². The molecule has 1 unspecified atom stereocenters. The molecule has 0 aliphatic carbocycles. The zero-order chi connectivity index (χ0) is 14.5. The van der Waals surface area contributed by atoms with Gasteiger partial charge in [0.2, 0.25) is 0 Å². The Morgan fingerprint density at radius 1 is 1.35 bits per heavy atom. The third kappa shape index (κ3) is 3.88. The molecule has 4 nitrogen and oxygen atoms in total. The summed E-state index contributed by atoms with van der Waals surface area (Å²) in [5, 5.41) is 9.31. The van der Waals surface area contributed by atoms with Crippen molar-refractivity contribution < 1.29 is 14.6 Å². The van der Waals surface area contributed by atoms with Gasteiger partial charge >= 0.3 is 0 Å². The third-order valence-corrected chi connectivity index (χ3v) is 3.73. The van der Waals surface area contributed by atoms with E-state index in [1.54, 1.807) is 0 Å². The second-order valence-electron chi connectivity index (χ2n) is 5.50. The van der Waals surface area contributed by atoms with Crippen LogP contribution < -0.4 is 0 Å². The summed E-state index contributed by atoms with van der Waals surface area (Å²) in [7, 11) is 0. The van der Waals surface area contributed by atoms with Crippen LogP contribution in [-0.4, -0.2) is 54.7 Å². The first-order valence-electron chi connectivity index (χ1n) is 7.14. The van der Waals surface area contributed by atoms with Crippen LogP contribution in [0.5, 0.6) is 0 Å². The van der Waals surface area contributed by atoms with E-state index in [1.807, 2.05) is 26.0 Å². The highest BCUT2D eigenvalue weighted by atomic mass is 16.5. The number of rotatable bonds is 5. The maximum Gasteiger partial charge on any atom is 0.164 e. The van der Waals surface area contributed by atoms with E-state index < -0.39 is 0 Å². The quantitative estimate of drug-likeness (QED) is 0.830. The number of aryl methyl sites for hydroxylation is 2. The Hall–Kier alpha value is -1.23. The van der Waals surface area contributed by atoms with Gasteiger partial charge in [-0.05, 0) is 26.0 Å². The molecular formula is C16H23NO3. The van der Waals surface area contributed by atoms with Gasteiger partial charge in [0.15, 0.2) is 5.78 Å². The van der Waals surface area contributed by atoms with E-state index in [4.69, 9.17) is 4.74 Å². The van der Waals surface area contributed by atoms with E-state index in [2.05, 4.69) is 11.0 Å². The van der Waals surface area contributed by atoms with Gasteiger partial charge in [0, 0.05) is 25.1 Å². The topological polar surface area (TPSA) is 49.8 Å². The first-order chi connectivity index (χ1) is 9.60. The molecule has 1 saturated heterocycles. The number of hydrogen-bond acceptors (Lipinski definition) is 4. The lowest BCUT2D eigenvalue weighted by Gasteiger charge is -2.34. The van der Waals surface area contributed by atoms with Crippen molar-refractivity contribution in [1.82, 2.24) is 4.90 Å². The molecule has 1 aliphatic rings. The lowest BCUT2D eigenvalue weighted by Crippen LogP contribution is -2.48. The Kier molecular flexibility index (Phi) is 5.29. The summed E-state index contributed by atoms with van der Waals surface area (Å²) in [5.41, 5.74) is 3.03.